The van der Waals surface area contributed by atoms with E-state index in [1.807, 2.05) is 6.07 Å². The van der Waals surface area contributed by atoms with E-state index in [1.54, 1.807) is 54.9 Å². The van der Waals surface area contributed by atoms with Gasteiger partial charge in [0.15, 0.2) is 5.11 Å². The van der Waals surface area contributed by atoms with E-state index in [2.05, 4.69) is 10.7 Å². The first-order chi connectivity index (χ1) is 15.8. The Bertz CT molecular complexity index is 1330. The van der Waals surface area contributed by atoms with Gasteiger partial charge in [-0.05, 0) is 68.0 Å². The number of amides is 3. The molecule has 0 radical (unpaired) electrons. The molecule has 1 saturated heterocycles. The summed E-state index contributed by atoms with van der Waals surface area (Å²) in [5, 5.41) is 2.24. The maximum atomic E-state index is 14.3. The Morgan fingerprint density at radius 2 is 1.73 bits per heavy atom. The molecule has 2 N–H and O–H groups in total. The molecule has 1 aliphatic rings. The van der Waals surface area contributed by atoms with E-state index < -0.39 is 17.6 Å². The Balaban J connectivity index is 1.68. The average Bonchev–Trinajstić information content (AvgIpc) is 3.05. The topological polar surface area (TPSA) is 83.4 Å². The minimum Gasteiger partial charge on any atom is -0.298 e. The number of anilines is 1. The second-order valence-electron chi connectivity index (χ2n) is 7.38. The number of hydrogen-bond acceptors (Lipinski definition) is 4. The first-order valence-electron chi connectivity index (χ1n) is 9.99. The van der Waals surface area contributed by atoms with E-state index >= 15 is 0 Å². The van der Waals surface area contributed by atoms with Crippen LogP contribution in [0.3, 0.4) is 0 Å². The van der Waals surface area contributed by atoms with E-state index in [-0.39, 0.29) is 22.3 Å². The molecule has 2 aromatic carbocycles. The van der Waals surface area contributed by atoms with Gasteiger partial charge >= 0.3 is 0 Å². The standard InChI is InChI=1S/C24H19FN4O3S/c1-14-12-17(15(2)29(14)27-21(30)16-8-4-3-5-9-16)13-18-22(31)26-24(33)28(23(18)32)20-11-7-6-10-19(20)25/h3-13H,1-2H3,(H,27,30)(H,26,31,33)/b18-13+. The molecule has 0 spiro atoms. The van der Waals surface area contributed by atoms with Crippen molar-refractivity contribution in [2.75, 3.05) is 10.3 Å². The second kappa shape index (κ2) is 8.79. The van der Waals surface area contributed by atoms with Crippen LogP contribution in [0.5, 0.6) is 0 Å². The molecule has 3 amide bonds. The zero-order chi connectivity index (χ0) is 23.7. The SMILES string of the molecule is Cc1cc(/C=C2\C(=O)NC(=S)N(c3ccccc3F)C2=O)c(C)n1NC(=O)c1ccccc1. The lowest BCUT2D eigenvalue weighted by Crippen LogP contribution is -2.54. The summed E-state index contributed by atoms with van der Waals surface area (Å²) in [6, 6.07) is 16.1. The van der Waals surface area contributed by atoms with E-state index in [1.165, 1.54) is 24.3 Å². The molecule has 0 unspecified atom stereocenters. The first-order valence-corrected chi connectivity index (χ1v) is 10.4. The van der Waals surface area contributed by atoms with E-state index in [0.717, 1.165) is 4.90 Å². The lowest BCUT2D eigenvalue weighted by molar-refractivity contribution is -0.122. The number of benzene rings is 2. The second-order valence-corrected chi connectivity index (χ2v) is 7.76. The fourth-order valence-corrected chi connectivity index (χ4v) is 3.80. The number of nitrogens with one attached hydrogen (secondary N) is 2. The predicted molar refractivity (Wildman–Crippen MR) is 127 cm³/mol. The molecule has 166 valence electrons. The van der Waals surface area contributed by atoms with Gasteiger partial charge in [0.25, 0.3) is 17.7 Å². The summed E-state index contributed by atoms with van der Waals surface area (Å²) in [6.07, 6.45) is 1.40. The zero-order valence-electron chi connectivity index (χ0n) is 17.8. The van der Waals surface area contributed by atoms with E-state index in [0.29, 0.717) is 22.5 Å². The van der Waals surface area contributed by atoms with E-state index in [9.17, 15) is 18.8 Å². The van der Waals surface area contributed by atoms with Crippen molar-refractivity contribution in [1.29, 1.82) is 0 Å². The van der Waals surface area contributed by atoms with Crippen molar-refractivity contribution in [3.8, 4) is 0 Å². The van der Waals surface area contributed by atoms with Crippen molar-refractivity contribution in [2.45, 2.75) is 13.8 Å². The Hall–Kier alpha value is -4.11. The van der Waals surface area contributed by atoms with E-state index in [4.69, 9.17) is 12.2 Å². The molecule has 0 aliphatic carbocycles. The lowest BCUT2D eigenvalue weighted by atomic mass is 10.1. The molecule has 0 atom stereocenters. The van der Waals surface area contributed by atoms with Crippen molar-refractivity contribution in [3.63, 3.8) is 0 Å². The van der Waals surface area contributed by atoms with Gasteiger partial charge in [0.2, 0.25) is 0 Å². The van der Waals surface area contributed by atoms with Crippen molar-refractivity contribution in [2.24, 2.45) is 0 Å². The van der Waals surface area contributed by atoms with Gasteiger partial charge in [0.05, 0.1) is 5.69 Å². The van der Waals surface area contributed by atoms with Crippen molar-refractivity contribution >= 4 is 46.8 Å². The molecular formula is C24H19FN4O3S. The number of thiocarbonyl (C=S) groups is 1. The highest BCUT2D eigenvalue weighted by Gasteiger charge is 2.35. The summed E-state index contributed by atoms with van der Waals surface area (Å²) in [6.45, 7) is 3.53. The maximum absolute atomic E-state index is 14.3. The summed E-state index contributed by atoms with van der Waals surface area (Å²) in [4.78, 5) is 39.2. The number of para-hydroxylation sites is 1. The minimum absolute atomic E-state index is 0.0565. The number of carbonyl (C=O) groups excluding carboxylic acids is 3. The normalized spacial score (nSPS) is 15.1. The molecule has 3 aromatic rings. The predicted octanol–water partition coefficient (Wildman–Crippen LogP) is 3.46. The fourth-order valence-electron chi connectivity index (χ4n) is 3.53. The number of aromatic nitrogens is 1. The fraction of sp³-hybridized carbons (Fsp3) is 0.0833. The van der Waals surface area contributed by atoms with Gasteiger partial charge in [0.1, 0.15) is 11.4 Å². The third-order valence-corrected chi connectivity index (χ3v) is 5.50. The quantitative estimate of drug-likeness (QED) is 0.353. The Morgan fingerprint density at radius 3 is 2.42 bits per heavy atom. The van der Waals surface area contributed by atoms with Gasteiger partial charge in [-0.25, -0.2) is 9.29 Å². The molecule has 4 rings (SSSR count). The van der Waals surface area contributed by atoms with Crippen LogP contribution < -0.4 is 15.6 Å². The highest BCUT2D eigenvalue weighted by molar-refractivity contribution is 7.80. The largest absolute Gasteiger partial charge is 0.298 e. The van der Waals surface area contributed by atoms with Crippen LogP contribution >= 0.6 is 12.2 Å². The molecule has 2 heterocycles. The van der Waals surface area contributed by atoms with Crippen LogP contribution in [0, 0.1) is 19.7 Å². The van der Waals surface area contributed by atoms with Crippen molar-refractivity contribution in [3.05, 3.63) is 94.6 Å². The first kappa shape index (κ1) is 22.1. The minimum atomic E-state index is -0.744. The van der Waals surface area contributed by atoms with Crippen LogP contribution in [0.1, 0.15) is 27.3 Å². The number of aryl methyl sites for hydroxylation is 1. The average molecular weight is 463 g/mol. The smallest absolute Gasteiger partial charge is 0.270 e. The molecular weight excluding hydrogens is 443 g/mol. The van der Waals surface area contributed by atoms with Gasteiger partial charge in [-0.2, -0.15) is 0 Å². The van der Waals surface area contributed by atoms with Gasteiger partial charge in [-0.3, -0.25) is 29.8 Å². The van der Waals surface area contributed by atoms with Crippen LogP contribution in [0.25, 0.3) is 6.08 Å². The molecule has 9 heteroatoms. The monoisotopic (exact) mass is 462 g/mol. The van der Waals surface area contributed by atoms with Crippen molar-refractivity contribution in [1.82, 2.24) is 9.99 Å². The molecule has 7 nitrogen and oxygen atoms in total. The number of hydrogen-bond donors (Lipinski definition) is 2. The number of nitrogens with zero attached hydrogens (tertiary/aromatic N) is 2. The number of halogens is 1. The highest BCUT2D eigenvalue weighted by atomic mass is 32.1. The van der Waals surface area contributed by atoms with Crippen molar-refractivity contribution < 1.29 is 18.8 Å². The van der Waals surface area contributed by atoms with Gasteiger partial charge < -0.3 is 0 Å². The molecule has 0 bridgehead atoms. The maximum Gasteiger partial charge on any atom is 0.270 e. The zero-order valence-corrected chi connectivity index (χ0v) is 18.6. The molecule has 1 fully saturated rings. The van der Waals surface area contributed by atoms with Crippen LogP contribution in [-0.2, 0) is 9.59 Å². The summed E-state index contributed by atoms with van der Waals surface area (Å²) >= 11 is 5.11. The summed E-state index contributed by atoms with van der Waals surface area (Å²) in [5.74, 6) is -2.38. The Labute approximate surface area is 194 Å². The lowest BCUT2D eigenvalue weighted by Gasteiger charge is -2.29. The molecule has 33 heavy (non-hydrogen) atoms. The molecule has 1 aliphatic heterocycles. The Morgan fingerprint density at radius 1 is 1.06 bits per heavy atom. The third-order valence-electron chi connectivity index (χ3n) is 5.21. The van der Waals surface area contributed by atoms with Gasteiger partial charge in [-0.1, -0.05) is 30.3 Å². The summed E-state index contributed by atoms with van der Waals surface area (Å²) in [5.41, 5.74) is 4.87. The van der Waals surface area contributed by atoms with Crippen LogP contribution in [-0.4, -0.2) is 27.5 Å². The number of rotatable bonds is 4. The van der Waals surface area contributed by atoms with Crippen LogP contribution in [0.2, 0.25) is 0 Å². The molecule has 1 aromatic heterocycles. The number of carbonyl (C=O) groups is 3. The Kier molecular flexibility index (Phi) is 5.89. The van der Waals surface area contributed by atoms with Crippen LogP contribution in [0.4, 0.5) is 10.1 Å². The van der Waals surface area contributed by atoms with Gasteiger partial charge in [-0.15, -0.1) is 0 Å². The van der Waals surface area contributed by atoms with Gasteiger partial charge in [0, 0.05) is 17.0 Å². The highest BCUT2D eigenvalue weighted by Crippen LogP contribution is 2.25. The van der Waals surface area contributed by atoms with Crippen LogP contribution in [0.15, 0.2) is 66.2 Å². The summed E-state index contributed by atoms with van der Waals surface area (Å²) in [7, 11) is 0. The third kappa shape index (κ3) is 4.18. The summed E-state index contributed by atoms with van der Waals surface area (Å²) < 4.78 is 15.9. The molecule has 0 saturated carbocycles.